The van der Waals surface area contributed by atoms with Crippen LogP contribution in [0.15, 0.2) is 41.3 Å². The number of ether oxygens (including phenoxy) is 3. The molecule has 0 aliphatic carbocycles. The van der Waals surface area contributed by atoms with Crippen LogP contribution in [0.5, 0.6) is 11.5 Å². The lowest BCUT2D eigenvalue weighted by Gasteiger charge is -2.14. The monoisotopic (exact) mass is 548 g/mol. The van der Waals surface area contributed by atoms with Gasteiger partial charge < -0.3 is 24.6 Å². The summed E-state index contributed by atoms with van der Waals surface area (Å²) in [6.45, 7) is 0.549. The van der Waals surface area contributed by atoms with Gasteiger partial charge in [0.15, 0.2) is 18.1 Å². The fourth-order valence-corrected chi connectivity index (χ4v) is 4.21. The molecule has 1 fully saturated rings. The molecule has 0 saturated carbocycles. The largest absolute Gasteiger partial charge is 0.493 e. The van der Waals surface area contributed by atoms with E-state index in [9.17, 15) is 24.0 Å². The van der Waals surface area contributed by atoms with Crippen molar-refractivity contribution in [3.8, 4) is 11.5 Å². The van der Waals surface area contributed by atoms with Gasteiger partial charge in [-0.2, -0.15) is 0 Å². The predicted molar refractivity (Wildman–Crippen MR) is 135 cm³/mol. The zero-order chi connectivity index (χ0) is 27.1. The Morgan fingerprint density at radius 1 is 1.19 bits per heavy atom. The molecule has 2 aromatic rings. The molecule has 2 aromatic carbocycles. The van der Waals surface area contributed by atoms with Crippen LogP contribution in [0.4, 0.5) is 10.5 Å². The summed E-state index contributed by atoms with van der Waals surface area (Å²) in [5, 5.41) is 10.9. The van der Waals surface area contributed by atoms with Crippen molar-refractivity contribution in [1.29, 1.82) is 0 Å². The standard InChI is InChI=1S/C24H21ClN2O9S/c1-3-35-23(32)15-10-14(7-8-16(15)25)26-19(28)11-27-22(31)18(37-24(27)33)9-13-5-4-6-17(34-2)21(13)36-12-20(29)30/h4-10H,3,11-12H2,1-2H3,(H,26,28)(H,29,30)/b18-9+. The molecule has 0 atom stereocenters. The first kappa shape index (κ1) is 27.6. The first-order chi connectivity index (χ1) is 17.6. The number of hydrogen-bond acceptors (Lipinski definition) is 9. The SMILES string of the molecule is CCOC(=O)c1cc(NC(=O)CN2C(=O)S/C(=C/c3cccc(OC)c3OCC(=O)O)C2=O)ccc1Cl. The number of nitrogens with zero attached hydrogens (tertiary/aromatic N) is 1. The average molecular weight is 549 g/mol. The van der Waals surface area contributed by atoms with Gasteiger partial charge in [0.2, 0.25) is 5.91 Å². The number of halogens is 1. The van der Waals surface area contributed by atoms with Crippen LogP contribution in [0, 0.1) is 0 Å². The molecule has 11 nitrogen and oxygen atoms in total. The van der Waals surface area contributed by atoms with Crippen molar-refractivity contribution in [2.75, 3.05) is 32.2 Å². The number of anilines is 1. The summed E-state index contributed by atoms with van der Waals surface area (Å²) in [5.41, 5.74) is 0.578. The van der Waals surface area contributed by atoms with Crippen LogP contribution in [0.25, 0.3) is 6.08 Å². The molecule has 37 heavy (non-hydrogen) atoms. The first-order valence-corrected chi connectivity index (χ1v) is 11.9. The van der Waals surface area contributed by atoms with Gasteiger partial charge in [0, 0.05) is 11.3 Å². The highest BCUT2D eigenvalue weighted by atomic mass is 35.5. The number of methoxy groups -OCH3 is 1. The molecule has 1 saturated heterocycles. The maximum atomic E-state index is 12.9. The van der Waals surface area contributed by atoms with Crippen LogP contribution in [0.2, 0.25) is 5.02 Å². The lowest BCUT2D eigenvalue weighted by atomic mass is 10.1. The van der Waals surface area contributed by atoms with Crippen LogP contribution in [-0.4, -0.2) is 65.9 Å². The van der Waals surface area contributed by atoms with Crippen molar-refractivity contribution < 1.29 is 43.3 Å². The van der Waals surface area contributed by atoms with Gasteiger partial charge >= 0.3 is 11.9 Å². The molecule has 0 bridgehead atoms. The number of para-hydroxylation sites is 1. The molecule has 2 N–H and O–H groups in total. The van der Waals surface area contributed by atoms with E-state index in [0.717, 1.165) is 4.90 Å². The van der Waals surface area contributed by atoms with Crippen molar-refractivity contribution in [2.45, 2.75) is 6.92 Å². The van der Waals surface area contributed by atoms with E-state index in [0.29, 0.717) is 17.3 Å². The highest BCUT2D eigenvalue weighted by Crippen LogP contribution is 2.37. The van der Waals surface area contributed by atoms with E-state index >= 15 is 0 Å². The summed E-state index contributed by atoms with van der Waals surface area (Å²) < 4.78 is 15.4. The first-order valence-electron chi connectivity index (χ1n) is 10.7. The van der Waals surface area contributed by atoms with Crippen LogP contribution < -0.4 is 14.8 Å². The van der Waals surface area contributed by atoms with E-state index in [1.165, 1.54) is 31.4 Å². The van der Waals surface area contributed by atoms with Gasteiger partial charge in [-0.05, 0) is 49.0 Å². The average Bonchev–Trinajstić information content (AvgIpc) is 3.11. The molecule has 1 aliphatic rings. The Labute approximate surface area is 220 Å². The highest BCUT2D eigenvalue weighted by molar-refractivity contribution is 8.18. The number of nitrogens with one attached hydrogen (secondary N) is 1. The molecule has 0 spiro atoms. The Kier molecular flexibility index (Phi) is 9.15. The summed E-state index contributed by atoms with van der Waals surface area (Å²) in [6.07, 6.45) is 1.35. The van der Waals surface area contributed by atoms with Gasteiger partial charge in [-0.15, -0.1) is 0 Å². The van der Waals surface area contributed by atoms with E-state index in [4.69, 9.17) is 30.9 Å². The molecule has 13 heteroatoms. The molecule has 194 valence electrons. The molecule has 3 amide bonds. The molecule has 1 heterocycles. The normalized spacial score (nSPS) is 14.0. The van der Waals surface area contributed by atoms with Crippen molar-refractivity contribution in [3.63, 3.8) is 0 Å². The molecule has 0 aromatic heterocycles. The van der Waals surface area contributed by atoms with Crippen molar-refractivity contribution >= 4 is 64.1 Å². The Morgan fingerprint density at radius 3 is 2.62 bits per heavy atom. The minimum atomic E-state index is -1.21. The van der Waals surface area contributed by atoms with E-state index in [1.807, 2.05) is 0 Å². The Hall–Kier alpha value is -4.03. The van der Waals surface area contributed by atoms with Crippen LogP contribution in [0.1, 0.15) is 22.8 Å². The molecule has 0 unspecified atom stereocenters. The van der Waals surface area contributed by atoms with E-state index in [-0.39, 0.29) is 39.3 Å². The maximum Gasteiger partial charge on any atom is 0.341 e. The number of carbonyl (C=O) groups is 5. The van der Waals surface area contributed by atoms with Gasteiger partial charge in [0.1, 0.15) is 6.54 Å². The van der Waals surface area contributed by atoms with Crippen molar-refractivity contribution in [1.82, 2.24) is 4.90 Å². The maximum absolute atomic E-state index is 12.9. The topological polar surface area (TPSA) is 149 Å². The quantitative estimate of drug-likeness (QED) is 0.332. The number of imide groups is 1. The number of benzene rings is 2. The smallest absolute Gasteiger partial charge is 0.341 e. The van der Waals surface area contributed by atoms with Crippen LogP contribution in [0.3, 0.4) is 0 Å². The number of carboxylic acids is 1. The summed E-state index contributed by atoms with van der Waals surface area (Å²) in [5.74, 6) is -2.97. The second-order valence-corrected chi connectivity index (χ2v) is 8.69. The Balaban J connectivity index is 1.76. The third kappa shape index (κ3) is 6.80. The molecule has 0 radical (unpaired) electrons. The number of thioether (sulfide) groups is 1. The predicted octanol–water partition coefficient (Wildman–Crippen LogP) is 3.66. The van der Waals surface area contributed by atoms with Crippen LogP contribution >= 0.6 is 23.4 Å². The van der Waals surface area contributed by atoms with Gasteiger partial charge in [-0.3, -0.25) is 19.3 Å². The van der Waals surface area contributed by atoms with Crippen molar-refractivity contribution in [3.05, 3.63) is 57.5 Å². The number of esters is 1. The summed E-state index contributed by atoms with van der Waals surface area (Å²) >= 11 is 6.63. The minimum Gasteiger partial charge on any atom is -0.493 e. The molecular formula is C24H21ClN2O9S. The van der Waals surface area contributed by atoms with Crippen LogP contribution in [-0.2, 0) is 19.1 Å². The minimum absolute atomic E-state index is 0.00215. The van der Waals surface area contributed by atoms with Gasteiger partial charge in [-0.25, -0.2) is 9.59 Å². The zero-order valence-electron chi connectivity index (χ0n) is 19.6. The number of amides is 3. The van der Waals surface area contributed by atoms with E-state index in [2.05, 4.69) is 5.32 Å². The van der Waals surface area contributed by atoms with Gasteiger partial charge in [0.25, 0.3) is 11.1 Å². The summed E-state index contributed by atoms with van der Waals surface area (Å²) in [4.78, 5) is 61.7. The third-order valence-corrected chi connectivity index (χ3v) is 6.01. The zero-order valence-corrected chi connectivity index (χ0v) is 21.2. The number of carboxylic acid groups (broad SMARTS) is 1. The van der Waals surface area contributed by atoms with Crippen molar-refractivity contribution in [2.24, 2.45) is 0 Å². The molecular weight excluding hydrogens is 528 g/mol. The van der Waals surface area contributed by atoms with Gasteiger partial charge in [0.05, 0.1) is 29.2 Å². The number of aliphatic carboxylic acids is 1. The van der Waals surface area contributed by atoms with Gasteiger partial charge in [-0.1, -0.05) is 23.7 Å². The second-order valence-electron chi connectivity index (χ2n) is 7.29. The number of hydrogen-bond donors (Lipinski definition) is 2. The molecule has 3 rings (SSSR count). The molecule has 1 aliphatic heterocycles. The highest BCUT2D eigenvalue weighted by Gasteiger charge is 2.36. The number of carbonyl (C=O) groups excluding carboxylic acids is 4. The fraction of sp³-hybridized carbons (Fsp3) is 0.208. The fourth-order valence-electron chi connectivity index (χ4n) is 3.19. The van der Waals surface area contributed by atoms with E-state index in [1.54, 1.807) is 25.1 Å². The lowest BCUT2D eigenvalue weighted by Crippen LogP contribution is -2.36. The second kappa shape index (κ2) is 12.3. The van der Waals surface area contributed by atoms with E-state index < -0.39 is 42.1 Å². The summed E-state index contributed by atoms with van der Waals surface area (Å²) in [7, 11) is 1.37. The Bertz CT molecular complexity index is 1290. The third-order valence-electron chi connectivity index (χ3n) is 4.78. The summed E-state index contributed by atoms with van der Waals surface area (Å²) in [6, 6.07) is 8.90. The lowest BCUT2D eigenvalue weighted by molar-refractivity contribution is -0.139. The number of rotatable bonds is 10. The Morgan fingerprint density at radius 2 is 1.95 bits per heavy atom.